The van der Waals surface area contributed by atoms with Crippen molar-refractivity contribution < 1.29 is 0 Å². The molecule has 3 N–H and O–H groups in total. The number of hydrogen-bond donors (Lipinski definition) is 2. The molecule has 0 aromatic carbocycles. The van der Waals surface area contributed by atoms with Crippen LogP contribution in [0.4, 0.5) is 0 Å². The van der Waals surface area contributed by atoms with E-state index in [4.69, 9.17) is 5.73 Å². The molecule has 13 atom stereocenters. The fourth-order valence-electron chi connectivity index (χ4n) is 8.84. The fraction of sp³-hybridized carbons (Fsp3) is 1.00. The molecular weight excluding hydrogens is 244 g/mol. The second kappa shape index (κ2) is 3.01. The zero-order valence-electron chi connectivity index (χ0n) is 12.9. The molecule has 4 unspecified atom stereocenters. The first-order valence-electron chi connectivity index (χ1n) is 9.15. The van der Waals surface area contributed by atoms with Crippen molar-refractivity contribution in [1.29, 1.82) is 0 Å². The molecule has 110 valence electrons. The van der Waals surface area contributed by atoms with Crippen molar-refractivity contribution in [1.82, 2.24) is 5.32 Å². The largest absolute Gasteiger partial charge is 0.327 e. The van der Waals surface area contributed by atoms with Crippen molar-refractivity contribution in [2.24, 2.45) is 64.9 Å². The molecular formula is C18H28N2. The maximum absolute atomic E-state index is 6.44. The summed E-state index contributed by atoms with van der Waals surface area (Å²) in [5.74, 6) is 9.88. The van der Waals surface area contributed by atoms with Gasteiger partial charge in [-0.1, -0.05) is 20.8 Å². The van der Waals surface area contributed by atoms with E-state index in [0.717, 1.165) is 65.2 Å². The van der Waals surface area contributed by atoms with E-state index < -0.39 is 0 Å². The monoisotopic (exact) mass is 272 g/mol. The van der Waals surface area contributed by atoms with E-state index in [1.54, 1.807) is 0 Å². The highest BCUT2D eigenvalue weighted by molar-refractivity contribution is 5.37. The topological polar surface area (TPSA) is 38.0 Å². The first-order chi connectivity index (χ1) is 9.62. The van der Waals surface area contributed by atoms with Gasteiger partial charge in [0.2, 0.25) is 0 Å². The molecule has 6 aliphatic rings. The zero-order chi connectivity index (χ0) is 13.5. The Balaban J connectivity index is 1.38. The lowest BCUT2D eigenvalue weighted by Gasteiger charge is -2.81. The maximum Gasteiger partial charge on any atom is 0.0249 e. The molecule has 1 aliphatic heterocycles. The minimum absolute atomic E-state index is 0.532. The van der Waals surface area contributed by atoms with E-state index in [9.17, 15) is 0 Å². The standard InChI is InChI=1S/C18H28N2/c1-4-18-14-10-7(3)16(19)11(10)12(14)15(18)13-9-6(2)5-8(9)17(13)20-18/h6-17,20H,4-5,19H2,1-3H3/t6?,7-,8-,9+,10+,11-,12?,13?,14+,15+,16-,17?,18-/m0/s1. The van der Waals surface area contributed by atoms with E-state index >= 15 is 0 Å². The van der Waals surface area contributed by atoms with Gasteiger partial charge in [-0.25, -0.2) is 0 Å². The van der Waals surface area contributed by atoms with Crippen LogP contribution >= 0.6 is 0 Å². The first-order valence-corrected chi connectivity index (χ1v) is 9.15. The smallest absolute Gasteiger partial charge is 0.0249 e. The highest BCUT2D eigenvalue weighted by Gasteiger charge is 2.85. The first kappa shape index (κ1) is 11.5. The average molecular weight is 272 g/mol. The zero-order valence-corrected chi connectivity index (χ0v) is 12.9. The van der Waals surface area contributed by atoms with Crippen molar-refractivity contribution in [2.75, 3.05) is 0 Å². The highest BCUT2D eigenvalue weighted by Crippen LogP contribution is 2.82. The predicted octanol–water partition coefficient (Wildman–Crippen LogP) is 2.09. The van der Waals surface area contributed by atoms with Gasteiger partial charge >= 0.3 is 0 Å². The number of hydrogen-bond acceptors (Lipinski definition) is 2. The Morgan fingerprint density at radius 2 is 1.80 bits per heavy atom. The van der Waals surface area contributed by atoms with E-state index in [0.29, 0.717) is 11.6 Å². The molecule has 0 spiro atoms. The van der Waals surface area contributed by atoms with E-state index in [1.807, 2.05) is 0 Å². The quantitative estimate of drug-likeness (QED) is 0.767. The van der Waals surface area contributed by atoms with Crippen LogP contribution in [0.3, 0.4) is 0 Å². The second-order valence-corrected chi connectivity index (χ2v) is 9.32. The van der Waals surface area contributed by atoms with Gasteiger partial charge in [-0.05, 0) is 72.0 Å². The van der Waals surface area contributed by atoms with Gasteiger partial charge in [-0.15, -0.1) is 0 Å². The average Bonchev–Trinajstić information content (AvgIpc) is 2.63. The Hall–Kier alpha value is -0.0800. The van der Waals surface area contributed by atoms with Gasteiger partial charge < -0.3 is 11.1 Å². The van der Waals surface area contributed by atoms with Crippen molar-refractivity contribution in [3.63, 3.8) is 0 Å². The van der Waals surface area contributed by atoms with Crippen molar-refractivity contribution in [2.45, 2.75) is 51.2 Å². The third kappa shape index (κ3) is 0.803. The Labute approximate surface area is 122 Å². The van der Waals surface area contributed by atoms with Gasteiger partial charge in [-0.3, -0.25) is 0 Å². The lowest BCUT2D eigenvalue weighted by atomic mass is 9.24. The van der Waals surface area contributed by atoms with Gasteiger partial charge in [0.15, 0.2) is 0 Å². The van der Waals surface area contributed by atoms with Crippen LogP contribution in [0.2, 0.25) is 0 Å². The minimum Gasteiger partial charge on any atom is -0.327 e. The lowest BCUT2D eigenvalue weighted by molar-refractivity contribution is -0.305. The fourth-order valence-corrected chi connectivity index (χ4v) is 8.84. The minimum atomic E-state index is 0.532. The summed E-state index contributed by atoms with van der Waals surface area (Å²) in [6.45, 7) is 7.36. The highest BCUT2D eigenvalue weighted by atomic mass is 15.2. The molecule has 5 saturated carbocycles. The molecule has 6 rings (SSSR count). The van der Waals surface area contributed by atoms with Gasteiger partial charge in [-0.2, -0.15) is 0 Å². The van der Waals surface area contributed by atoms with Crippen LogP contribution in [0.25, 0.3) is 0 Å². The molecule has 0 aromatic rings. The molecule has 0 aromatic heterocycles. The summed E-state index contributed by atoms with van der Waals surface area (Å²) in [7, 11) is 0. The Morgan fingerprint density at radius 1 is 1.05 bits per heavy atom. The molecule has 0 radical (unpaired) electrons. The molecule has 0 amide bonds. The summed E-state index contributed by atoms with van der Waals surface area (Å²) in [5.41, 5.74) is 6.99. The Morgan fingerprint density at radius 3 is 2.50 bits per heavy atom. The summed E-state index contributed by atoms with van der Waals surface area (Å²) in [5, 5.41) is 4.22. The van der Waals surface area contributed by atoms with Gasteiger partial charge in [0.25, 0.3) is 0 Å². The molecule has 1 heterocycles. The summed E-state index contributed by atoms with van der Waals surface area (Å²) >= 11 is 0. The van der Waals surface area contributed by atoms with E-state index in [1.165, 1.54) is 12.8 Å². The van der Waals surface area contributed by atoms with Crippen molar-refractivity contribution in [3.8, 4) is 0 Å². The molecule has 5 aliphatic carbocycles. The molecule has 2 nitrogen and oxygen atoms in total. The number of fused-ring (bicyclic) bond motifs is 12. The van der Waals surface area contributed by atoms with Crippen LogP contribution < -0.4 is 11.1 Å². The van der Waals surface area contributed by atoms with Crippen LogP contribution in [0.5, 0.6) is 0 Å². The molecule has 1 saturated heterocycles. The summed E-state index contributed by atoms with van der Waals surface area (Å²) in [4.78, 5) is 0. The normalized spacial score (nSPS) is 78.0. The second-order valence-electron chi connectivity index (χ2n) is 9.32. The molecule has 2 heteroatoms. The molecule has 6 fully saturated rings. The van der Waals surface area contributed by atoms with Crippen LogP contribution in [-0.4, -0.2) is 17.6 Å². The summed E-state index contributed by atoms with van der Waals surface area (Å²) < 4.78 is 0. The number of nitrogens with two attached hydrogens (primary N) is 1. The van der Waals surface area contributed by atoms with Crippen LogP contribution in [0.15, 0.2) is 0 Å². The van der Waals surface area contributed by atoms with Crippen LogP contribution in [-0.2, 0) is 0 Å². The van der Waals surface area contributed by atoms with E-state index in [2.05, 4.69) is 26.1 Å². The predicted molar refractivity (Wildman–Crippen MR) is 78.8 cm³/mol. The summed E-state index contributed by atoms with van der Waals surface area (Å²) in [6, 6.07) is 1.43. The Bertz CT molecular complexity index is 504. The molecule has 20 heavy (non-hydrogen) atoms. The third-order valence-electron chi connectivity index (χ3n) is 9.53. The van der Waals surface area contributed by atoms with Gasteiger partial charge in [0.05, 0.1) is 0 Å². The van der Waals surface area contributed by atoms with Gasteiger partial charge in [0.1, 0.15) is 0 Å². The van der Waals surface area contributed by atoms with Gasteiger partial charge in [0, 0.05) is 17.6 Å². The summed E-state index contributed by atoms with van der Waals surface area (Å²) in [6.07, 6.45) is 2.87. The maximum atomic E-state index is 6.44. The number of rotatable bonds is 1. The number of nitrogens with one attached hydrogen (secondary N) is 1. The third-order valence-corrected chi connectivity index (χ3v) is 9.53. The molecule has 0 bridgehead atoms. The lowest BCUT2D eigenvalue weighted by Crippen LogP contribution is -2.85. The van der Waals surface area contributed by atoms with E-state index in [-0.39, 0.29) is 0 Å². The van der Waals surface area contributed by atoms with Crippen molar-refractivity contribution in [3.05, 3.63) is 0 Å². The van der Waals surface area contributed by atoms with Crippen molar-refractivity contribution >= 4 is 0 Å². The van der Waals surface area contributed by atoms with Crippen LogP contribution in [0.1, 0.15) is 33.6 Å². The SMILES string of the molecule is CC[C@@]12NC3C([C@@H]4C(C)C[C@H]34)[C@H]1C1[C@H]3[C@@H](N)[C@@H](C)[C@H]3[C@H]12. The van der Waals surface area contributed by atoms with Crippen LogP contribution in [0, 0.1) is 59.2 Å². The Kier molecular flexibility index (Phi) is 1.73.